The smallest absolute Gasteiger partial charge is 0.126 e. The maximum absolute atomic E-state index is 5.25. The van der Waals surface area contributed by atoms with E-state index in [2.05, 4.69) is 25.6 Å². The molecule has 0 radical (unpaired) electrons. The minimum absolute atomic E-state index is 0.897. The van der Waals surface area contributed by atoms with Crippen molar-refractivity contribution in [1.82, 2.24) is 0 Å². The maximum atomic E-state index is 5.25. The first kappa shape index (κ1) is 10.2. The number of ether oxygens (including phenoxy) is 1. The number of allylic oxidation sites excluding steroid dienone is 1. The summed E-state index contributed by atoms with van der Waals surface area (Å²) in [5.41, 5.74) is 2.31. The number of aryl methyl sites for hydroxylation is 1. The van der Waals surface area contributed by atoms with E-state index < -0.39 is 0 Å². The molecule has 2 heteroatoms. The minimum atomic E-state index is 0.897. The van der Waals surface area contributed by atoms with Crippen LogP contribution in [0.1, 0.15) is 18.1 Å². The molecule has 0 fully saturated rings. The number of thiol groups is 1. The van der Waals surface area contributed by atoms with Crippen molar-refractivity contribution in [3.63, 3.8) is 0 Å². The van der Waals surface area contributed by atoms with Gasteiger partial charge in [-0.1, -0.05) is 12.1 Å². The molecule has 1 nitrogen and oxygen atoms in total. The van der Waals surface area contributed by atoms with Crippen molar-refractivity contribution in [3.05, 3.63) is 34.2 Å². The second kappa shape index (κ2) is 4.38. The van der Waals surface area contributed by atoms with Gasteiger partial charge in [0.15, 0.2) is 0 Å². The fraction of sp³-hybridized carbons (Fsp3) is 0.273. The summed E-state index contributed by atoms with van der Waals surface area (Å²) in [7, 11) is 1.68. The fourth-order valence-electron chi connectivity index (χ4n) is 1.23. The molecule has 0 aliphatic rings. The van der Waals surface area contributed by atoms with Gasteiger partial charge in [0.2, 0.25) is 0 Å². The number of rotatable bonds is 2. The number of hydrogen-bond donors (Lipinski definition) is 1. The number of hydrogen-bond acceptors (Lipinski definition) is 2. The van der Waals surface area contributed by atoms with E-state index in [0.29, 0.717) is 0 Å². The van der Waals surface area contributed by atoms with Crippen molar-refractivity contribution in [2.24, 2.45) is 0 Å². The first-order chi connectivity index (χ1) is 6.15. The zero-order valence-electron chi connectivity index (χ0n) is 8.16. The van der Waals surface area contributed by atoms with Crippen molar-refractivity contribution < 1.29 is 4.74 Å². The lowest BCUT2D eigenvalue weighted by Gasteiger charge is -2.07. The van der Waals surface area contributed by atoms with Crippen LogP contribution in [0.5, 0.6) is 5.75 Å². The van der Waals surface area contributed by atoms with Crippen molar-refractivity contribution in [2.75, 3.05) is 7.11 Å². The van der Waals surface area contributed by atoms with Crippen LogP contribution in [0.3, 0.4) is 0 Å². The SMILES string of the molecule is COc1cccc(C)c1/C=C(\C)S. The van der Waals surface area contributed by atoms with Gasteiger partial charge in [-0.05, 0) is 36.5 Å². The first-order valence-corrected chi connectivity index (χ1v) is 4.60. The lowest BCUT2D eigenvalue weighted by molar-refractivity contribution is 0.413. The third kappa shape index (κ3) is 2.52. The Morgan fingerprint density at radius 1 is 1.46 bits per heavy atom. The average Bonchev–Trinajstić information content (AvgIpc) is 2.08. The number of benzene rings is 1. The van der Waals surface area contributed by atoms with Gasteiger partial charge in [-0.3, -0.25) is 0 Å². The molecule has 0 saturated carbocycles. The van der Waals surface area contributed by atoms with Crippen molar-refractivity contribution in [2.45, 2.75) is 13.8 Å². The predicted molar refractivity (Wildman–Crippen MR) is 60.4 cm³/mol. The molecule has 13 heavy (non-hydrogen) atoms. The van der Waals surface area contributed by atoms with Crippen LogP contribution < -0.4 is 4.74 Å². The van der Waals surface area contributed by atoms with E-state index in [-0.39, 0.29) is 0 Å². The number of methoxy groups -OCH3 is 1. The highest BCUT2D eigenvalue weighted by Gasteiger charge is 2.01. The van der Waals surface area contributed by atoms with Crippen molar-refractivity contribution in [1.29, 1.82) is 0 Å². The Hall–Kier alpha value is -0.890. The topological polar surface area (TPSA) is 9.23 Å². The molecule has 1 aromatic rings. The van der Waals surface area contributed by atoms with E-state index in [1.165, 1.54) is 5.56 Å². The van der Waals surface area contributed by atoms with E-state index in [4.69, 9.17) is 4.74 Å². The van der Waals surface area contributed by atoms with Crippen LogP contribution in [0.4, 0.5) is 0 Å². The molecule has 0 aliphatic heterocycles. The summed E-state index contributed by atoms with van der Waals surface area (Å²) in [5.74, 6) is 0.897. The average molecular weight is 194 g/mol. The van der Waals surface area contributed by atoms with Gasteiger partial charge in [0.1, 0.15) is 5.75 Å². The van der Waals surface area contributed by atoms with Crippen LogP contribution in [-0.4, -0.2) is 7.11 Å². The molecule has 0 spiro atoms. The normalized spacial score (nSPS) is 11.5. The Labute approximate surface area is 84.8 Å². The van der Waals surface area contributed by atoms with Crippen LogP contribution in [0.25, 0.3) is 6.08 Å². The van der Waals surface area contributed by atoms with Gasteiger partial charge in [0, 0.05) is 5.56 Å². The summed E-state index contributed by atoms with van der Waals surface area (Å²) in [6.07, 6.45) is 2.01. The third-order valence-corrected chi connectivity index (χ3v) is 1.99. The summed E-state index contributed by atoms with van der Waals surface area (Å²) in [6.45, 7) is 4.01. The summed E-state index contributed by atoms with van der Waals surface area (Å²) < 4.78 is 5.25. The lowest BCUT2D eigenvalue weighted by Crippen LogP contribution is -1.89. The molecule has 1 aromatic carbocycles. The Kier molecular flexibility index (Phi) is 3.43. The monoisotopic (exact) mass is 194 g/mol. The molecule has 0 bridgehead atoms. The summed E-state index contributed by atoms with van der Waals surface area (Å²) in [6, 6.07) is 6.00. The van der Waals surface area contributed by atoms with Gasteiger partial charge in [0.25, 0.3) is 0 Å². The van der Waals surface area contributed by atoms with Crippen LogP contribution >= 0.6 is 12.6 Å². The van der Waals surface area contributed by atoms with Crippen LogP contribution in [0.15, 0.2) is 23.1 Å². The Morgan fingerprint density at radius 3 is 2.69 bits per heavy atom. The molecule has 70 valence electrons. The Balaban J connectivity index is 3.23. The highest BCUT2D eigenvalue weighted by Crippen LogP contribution is 2.24. The predicted octanol–water partition coefficient (Wildman–Crippen LogP) is 3.29. The highest BCUT2D eigenvalue weighted by atomic mass is 32.1. The largest absolute Gasteiger partial charge is 0.496 e. The summed E-state index contributed by atoms with van der Waals surface area (Å²) in [4.78, 5) is 0.979. The molecule has 0 saturated heterocycles. The molecule has 0 amide bonds. The van der Waals surface area contributed by atoms with E-state index in [1.807, 2.05) is 25.1 Å². The van der Waals surface area contributed by atoms with Gasteiger partial charge >= 0.3 is 0 Å². The standard InChI is InChI=1S/C11H14OS/c1-8-5-4-6-11(12-3)10(8)7-9(2)13/h4-7,13H,1-3H3/b9-7+. The third-order valence-electron chi connectivity index (χ3n) is 1.86. The maximum Gasteiger partial charge on any atom is 0.126 e. The van der Waals surface area contributed by atoms with Gasteiger partial charge in [-0.15, -0.1) is 12.6 Å². The fourth-order valence-corrected chi connectivity index (χ4v) is 1.35. The molecular formula is C11H14OS. The van der Waals surface area contributed by atoms with Gasteiger partial charge in [-0.2, -0.15) is 0 Å². The van der Waals surface area contributed by atoms with Crippen molar-refractivity contribution in [3.8, 4) is 5.75 Å². The van der Waals surface area contributed by atoms with Gasteiger partial charge in [0.05, 0.1) is 7.11 Å². The highest BCUT2D eigenvalue weighted by molar-refractivity contribution is 7.84. The summed E-state index contributed by atoms with van der Waals surface area (Å²) >= 11 is 4.25. The molecule has 0 N–H and O–H groups in total. The van der Waals surface area contributed by atoms with Crippen molar-refractivity contribution >= 4 is 18.7 Å². The van der Waals surface area contributed by atoms with Gasteiger partial charge in [-0.25, -0.2) is 0 Å². The summed E-state index contributed by atoms with van der Waals surface area (Å²) in [5, 5.41) is 0. The molecule has 0 heterocycles. The molecule has 0 aliphatic carbocycles. The Bertz CT molecular complexity index is 325. The quantitative estimate of drug-likeness (QED) is 0.711. The lowest BCUT2D eigenvalue weighted by atomic mass is 10.1. The first-order valence-electron chi connectivity index (χ1n) is 4.16. The molecule has 0 atom stereocenters. The molecular weight excluding hydrogens is 180 g/mol. The molecule has 1 rings (SSSR count). The molecule has 0 aromatic heterocycles. The van der Waals surface area contributed by atoms with Gasteiger partial charge < -0.3 is 4.74 Å². The van der Waals surface area contributed by atoms with Crippen LogP contribution in [0, 0.1) is 6.92 Å². The minimum Gasteiger partial charge on any atom is -0.496 e. The van der Waals surface area contributed by atoms with Crippen LogP contribution in [0.2, 0.25) is 0 Å². The van der Waals surface area contributed by atoms with Crippen LogP contribution in [-0.2, 0) is 0 Å². The zero-order valence-corrected chi connectivity index (χ0v) is 9.06. The van der Waals surface area contributed by atoms with E-state index in [9.17, 15) is 0 Å². The van der Waals surface area contributed by atoms with E-state index >= 15 is 0 Å². The second-order valence-electron chi connectivity index (χ2n) is 2.98. The Morgan fingerprint density at radius 2 is 2.15 bits per heavy atom. The van der Waals surface area contributed by atoms with E-state index in [1.54, 1.807) is 7.11 Å². The molecule has 0 unspecified atom stereocenters. The second-order valence-corrected chi connectivity index (χ2v) is 3.68. The van der Waals surface area contributed by atoms with E-state index in [0.717, 1.165) is 16.2 Å². The zero-order chi connectivity index (χ0) is 9.84.